The summed E-state index contributed by atoms with van der Waals surface area (Å²) in [5, 5.41) is 11.1. The van der Waals surface area contributed by atoms with Crippen LogP contribution in [-0.4, -0.2) is 21.8 Å². The van der Waals surface area contributed by atoms with E-state index in [9.17, 15) is 10.1 Å². The second-order valence-electron chi connectivity index (χ2n) is 2.58. The number of rotatable bonds is 1. The molecule has 1 unspecified atom stereocenters. The van der Waals surface area contributed by atoms with E-state index in [-0.39, 0.29) is 5.70 Å². The first kappa shape index (κ1) is 8.87. The van der Waals surface area contributed by atoms with Gasteiger partial charge in [-0.15, -0.1) is 0 Å². The smallest absolute Gasteiger partial charge is 0.285 e. The molecule has 0 amide bonds. The summed E-state index contributed by atoms with van der Waals surface area (Å²) in [6, 6.07) is -1.09. The van der Waals surface area contributed by atoms with E-state index in [0.717, 1.165) is 11.2 Å². The van der Waals surface area contributed by atoms with Gasteiger partial charge < -0.3 is 5.73 Å². The zero-order valence-electron chi connectivity index (χ0n) is 6.18. The fourth-order valence-electron chi connectivity index (χ4n) is 0.893. The average molecular weight is 174 g/mol. The second kappa shape index (κ2) is 2.38. The molecule has 0 saturated heterocycles. The van der Waals surface area contributed by atoms with E-state index in [2.05, 4.69) is 0 Å². The van der Waals surface area contributed by atoms with Crippen molar-refractivity contribution in [2.45, 2.75) is 11.8 Å². The van der Waals surface area contributed by atoms with Crippen molar-refractivity contribution in [1.82, 2.24) is 5.01 Å². The maximum Gasteiger partial charge on any atom is 0.285 e. The molecule has 12 heavy (non-hydrogen) atoms. The van der Waals surface area contributed by atoms with Crippen molar-refractivity contribution in [3.8, 4) is 0 Å². The van der Waals surface area contributed by atoms with Crippen molar-refractivity contribution in [3.63, 3.8) is 0 Å². The topological polar surface area (TPSA) is 150 Å². The van der Waals surface area contributed by atoms with Gasteiger partial charge in [0.1, 0.15) is 0 Å². The van der Waals surface area contributed by atoms with Crippen molar-refractivity contribution >= 4 is 0 Å². The molecule has 0 spiro atoms. The lowest BCUT2D eigenvalue weighted by molar-refractivity contribution is -0.429. The molecule has 8 N–H and O–H groups in total. The molecule has 0 bridgehead atoms. The number of hydrazine groups is 1. The van der Waals surface area contributed by atoms with Gasteiger partial charge in [-0.25, -0.2) is 5.84 Å². The van der Waals surface area contributed by atoms with Crippen molar-refractivity contribution in [2.75, 3.05) is 0 Å². The Bertz CT molecular complexity index is 248. The molecule has 0 aromatic rings. The molecular formula is C4H10N6O2. The summed E-state index contributed by atoms with van der Waals surface area (Å²) in [7, 11) is 0. The molecule has 0 radical (unpaired) electrons. The maximum atomic E-state index is 10.3. The first-order valence-electron chi connectivity index (χ1n) is 3.11. The predicted octanol–water partition coefficient (Wildman–Crippen LogP) is -2.81. The third kappa shape index (κ3) is 1.02. The number of nitrogens with two attached hydrogens (primary N) is 4. The minimum absolute atomic E-state index is 0.289. The molecule has 1 heterocycles. The number of hydrogen-bond donors (Lipinski definition) is 4. The molecular weight excluding hydrogens is 164 g/mol. The highest BCUT2D eigenvalue weighted by atomic mass is 16.6. The van der Waals surface area contributed by atoms with Crippen LogP contribution < -0.4 is 23.0 Å². The third-order valence-corrected chi connectivity index (χ3v) is 1.75. The van der Waals surface area contributed by atoms with Crippen molar-refractivity contribution in [1.29, 1.82) is 0 Å². The van der Waals surface area contributed by atoms with E-state index >= 15 is 0 Å². The van der Waals surface area contributed by atoms with E-state index in [1.807, 2.05) is 0 Å². The summed E-state index contributed by atoms with van der Waals surface area (Å²) in [6.45, 7) is 0. The Hall–Kier alpha value is -1.22. The van der Waals surface area contributed by atoms with Gasteiger partial charge in [0, 0.05) is 0 Å². The Labute approximate surface area is 67.9 Å². The first-order chi connectivity index (χ1) is 5.37. The minimum atomic E-state index is -1.58. The Morgan fingerprint density at radius 1 is 1.67 bits per heavy atom. The first-order valence-corrected chi connectivity index (χ1v) is 3.11. The molecule has 1 aliphatic heterocycles. The standard InChI is InChI=1S/C4H10N6O2/c5-3-2(10(11)12)1-9(8)4(3,6)7/h1,3H,5-8H2. The molecule has 1 aliphatic rings. The van der Waals surface area contributed by atoms with Crippen LogP contribution >= 0.6 is 0 Å². The lowest BCUT2D eigenvalue weighted by Crippen LogP contribution is -2.70. The monoisotopic (exact) mass is 174 g/mol. The summed E-state index contributed by atoms with van der Waals surface area (Å²) in [5.74, 6) is 3.67. The fourth-order valence-corrected chi connectivity index (χ4v) is 0.893. The lowest BCUT2D eigenvalue weighted by Gasteiger charge is -2.29. The van der Waals surface area contributed by atoms with Crippen LogP contribution in [0.2, 0.25) is 0 Å². The van der Waals surface area contributed by atoms with Gasteiger partial charge in [0.05, 0.1) is 11.1 Å². The van der Waals surface area contributed by atoms with Crippen LogP contribution in [0.25, 0.3) is 0 Å². The summed E-state index contributed by atoms with van der Waals surface area (Å²) >= 11 is 0. The van der Waals surface area contributed by atoms with Gasteiger partial charge in [0.2, 0.25) is 0 Å². The number of nitro groups is 1. The Kier molecular flexibility index (Phi) is 1.76. The predicted molar refractivity (Wildman–Crippen MR) is 40.2 cm³/mol. The quantitative estimate of drug-likeness (QED) is 0.145. The largest absolute Gasteiger partial charge is 0.314 e. The van der Waals surface area contributed by atoms with Crippen molar-refractivity contribution in [2.24, 2.45) is 23.0 Å². The van der Waals surface area contributed by atoms with E-state index in [1.165, 1.54) is 0 Å². The molecule has 0 aromatic heterocycles. The van der Waals surface area contributed by atoms with E-state index in [1.54, 1.807) is 0 Å². The Morgan fingerprint density at radius 2 is 2.17 bits per heavy atom. The van der Waals surface area contributed by atoms with Crippen LogP contribution in [0.15, 0.2) is 11.9 Å². The summed E-state index contributed by atoms with van der Waals surface area (Å²) < 4.78 is 0. The van der Waals surface area contributed by atoms with Crippen LogP contribution in [0.4, 0.5) is 0 Å². The van der Waals surface area contributed by atoms with Gasteiger partial charge in [-0.05, 0) is 0 Å². The molecule has 1 atom stereocenters. The van der Waals surface area contributed by atoms with Gasteiger partial charge in [-0.2, -0.15) is 0 Å². The Balaban J connectivity index is 2.97. The highest BCUT2D eigenvalue weighted by Crippen LogP contribution is 2.19. The van der Waals surface area contributed by atoms with Crippen LogP contribution in [0.5, 0.6) is 0 Å². The van der Waals surface area contributed by atoms with Crippen molar-refractivity contribution < 1.29 is 4.92 Å². The number of hydrogen-bond acceptors (Lipinski definition) is 7. The Morgan fingerprint density at radius 3 is 2.33 bits per heavy atom. The van der Waals surface area contributed by atoms with E-state index in [0.29, 0.717) is 0 Å². The summed E-state index contributed by atoms with van der Waals surface area (Å²) in [5.41, 5.74) is 15.9. The molecule has 68 valence electrons. The van der Waals surface area contributed by atoms with Gasteiger partial charge >= 0.3 is 0 Å². The van der Waals surface area contributed by atoms with Gasteiger partial charge in [-0.1, -0.05) is 0 Å². The van der Waals surface area contributed by atoms with Crippen LogP contribution in [0.1, 0.15) is 0 Å². The second-order valence-corrected chi connectivity index (χ2v) is 2.58. The SMILES string of the molecule is NC1C([N+](=O)[O-])=CN(N)C1(N)N. The zero-order valence-corrected chi connectivity index (χ0v) is 6.18. The molecule has 0 aromatic carbocycles. The third-order valence-electron chi connectivity index (χ3n) is 1.75. The maximum absolute atomic E-state index is 10.3. The number of nitrogens with zero attached hydrogens (tertiary/aromatic N) is 2. The molecule has 8 nitrogen and oxygen atoms in total. The van der Waals surface area contributed by atoms with Gasteiger partial charge in [0.25, 0.3) is 5.70 Å². The van der Waals surface area contributed by atoms with Crippen LogP contribution in [-0.2, 0) is 0 Å². The van der Waals surface area contributed by atoms with Crippen LogP contribution in [0.3, 0.4) is 0 Å². The van der Waals surface area contributed by atoms with Crippen molar-refractivity contribution in [3.05, 3.63) is 22.0 Å². The highest BCUT2D eigenvalue weighted by Gasteiger charge is 2.46. The van der Waals surface area contributed by atoms with Gasteiger partial charge in [0.15, 0.2) is 11.8 Å². The zero-order chi connectivity index (χ0) is 9.52. The normalized spacial score (nSPS) is 27.2. The van der Waals surface area contributed by atoms with E-state index in [4.69, 9.17) is 23.0 Å². The molecule has 0 saturated carbocycles. The highest BCUT2D eigenvalue weighted by molar-refractivity contribution is 5.16. The molecule has 0 fully saturated rings. The van der Waals surface area contributed by atoms with E-state index < -0.39 is 16.8 Å². The summed E-state index contributed by atoms with van der Waals surface area (Å²) in [4.78, 5) is 9.65. The summed E-state index contributed by atoms with van der Waals surface area (Å²) in [6.07, 6.45) is 1.02. The average Bonchev–Trinajstić information content (AvgIpc) is 2.13. The fraction of sp³-hybridized carbons (Fsp3) is 0.500. The molecule has 1 rings (SSSR count). The lowest BCUT2D eigenvalue weighted by atomic mass is 10.2. The van der Waals surface area contributed by atoms with Gasteiger partial charge in [-0.3, -0.25) is 26.6 Å². The van der Waals surface area contributed by atoms with Crippen LogP contribution in [0, 0.1) is 10.1 Å². The molecule has 0 aliphatic carbocycles. The minimum Gasteiger partial charge on any atom is -0.314 e. The molecule has 8 heteroatoms.